The van der Waals surface area contributed by atoms with Crippen molar-refractivity contribution in [1.29, 1.82) is 0 Å². The minimum atomic E-state index is -0.104. The quantitative estimate of drug-likeness (QED) is 0.235. The highest BCUT2D eigenvalue weighted by molar-refractivity contribution is 5.89. The molecular formula is C31H37F. The predicted molar refractivity (Wildman–Crippen MR) is 137 cm³/mol. The second-order valence-electron chi connectivity index (χ2n) is 9.65. The zero-order valence-electron chi connectivity index (χ0n) is 19.6. The first-order valence-corrected chi connectivity index (χ1v) is 12.6. The summed E-state index contributed by atoms with van der Waals surface area (Å²) in [4.78, 5) is 0. The normalized spacial score (nSPS) is 18.7. The minimum absolute atomic E-state index is 0.104. The Bertz CT molecular complexity index is 1020. The van der Waals surface area contributed by atoms with Gasteiger partial charge in [-0.05, 0) is 72.4 Å². The van der Waals surface area contributed by atoms with Crippen LogP contribution in [0.1, 0.15) is 81.8 Å². The molecule has 1 fully saturated rings. The summed E-state index contributed by atoms with van der Waals surface area (Å²) >= 11 is 0. The van der Waals surface area contributed by atoms with Gasteiger partial charge in [0.2, 0.25) is 0 Å². The van der Waals surface area contributed by atoms with Crippen LogP contribution in [0.15, 0.2) is 67.3 Å². The smallest absolute Gasteiger partial charge is 0.138 e. The molecule has 0 bridgehead atoms. The zero-order chi connectivity index (χ0) is 22.3. The summed E-state index contributed by atoms with van der Waals surface area (Å²) in [5.41, 5.74) is 4.29. The van der Waals surface area contributed by atoms with E-state index in [1.54, 1.807) is 0 Å². The summed E-state index contributed by atoms with van der Waals surface area (Å²) in [5.74, 6) is 1.45. The average Bonchev–Trinajstić information content (AvgIpc) is 2.84. The van der Waals surface area contributed by atoms with E-state index in [2.05, 4.69) is 43.8 Å². The molecular weight excluding hydrogens is 391 g/mol. The second-order valence-corrected chi connectivity index (χ2v) is 9.65. The van der Waals surface area contributed by atoms with Gasteiger partial charge in [-0.25, -0.2) is 4.39 Å². The van der Waals surface area contributed by atoms with Crippen molar-refractivity contribution < 1.29 is 4.39 Å². The number of hydrogen-bond donors (Lipinski definition) is 0. The molecule has 0 aromatic heterocycles. The largest absolute Gasteiger partial charge is 0.206 e. The number of halogens is 1. The van der Waals surface area contributed by atoms with Crippen LogP contribution in [0.4, 0.5) is 4.39 Å². The zero-order valence-corrected chi connectivity index (χ0v) is 19.6. The number of aryl methyl sites for hydroxylation is 1. The summed E-state index contributed by atoms with van der Waals surface area (Å²) in [6, 6.07) is 18.7. The van der Waals surface area contributed by atoms with E-state index in [1.807, 2.05) is 30.3 Å². The van der Waals surface area contributed by atoms with Gasteiger partial charge in [-0.1, -0.05) is 93.3 Å². The Labute approximate surface area is 193 Å². The molecule has 0 atom stereocenters. The fourth-order valence-corrected chi connectivity index (χ4v) is 5.37. The molecule has 0 aliphatic heterocycles. The van der Waals surface area contributed by atoms with E-state index in [1.165, 1.54) is 62.5 Å². The molecule has 0 heterocycles. The maximum atomic E-state index is 15.4. The monoisotopic (exact) mass is 428 g/mol. The first-order chi connectivity index (χ1) is 15.7. The van der Waals surface area contributed by atoms with Crippen molar-refractivity contribution in [2.45, 2.75) is 77.0 Å². The molecule has 0 nitrogen and oxygen atoms in total. The van der Waals surface area contributed by atoms with Crippen molar-refractivity contribution in [1.82, 2.24) is 0 Å². The van der Waals surface area contributed by atoms with Crippen LogP contribution in [0, 0.1) is 11.7 Å². The van der Waals surface area contributed by atoms with E-state index >= 15 is 4.39 Å². The third kappa shape index (κ3) is 5.31. The van der Waals surface area contributed by atoms with Crippen LogP contribution in [0.2, 0.25) is 0 Å². The van der Waals surface area contributed by atoms with E-state index in [9.17, 15) is 0 Å². The highest BCUT2D eigenvalue weighted by Gasteiger charge is 2.22. The molecule has 1 aliphatic rings. The number of unbranched alkanes of at least 4 members (excludes halogenated alkanes) is 2. The van der Waals surface area contributed by atoms with E-state index in [0.717, 1.165) is 35.1 Å². The predicted octanol–water partition coefficient (Wildman–Crippen LogP) is 9.62. The lowest BCUT2D eigenvalue weighted by atomic mass is 9.76. The summed E-state index contributed by atoms with van der Waals surface area (Å²) in [5, 5.41) is 1.76. The van der Waals surface area contributed by atoms with Crippen LogP contribution in [0.3, 0.4) is 0 Å². The van der Waals surface area contributed by atoms with Crippen LogP contribution in [0.25, 0.3) is 21.9 Å². The van der Waals surface area contributed by atoms with Gasteiger partial charge in [0.25, 0.3) is 0 Å². The van der Waals surface area contributed by atoms with Gasteiger partial charge in [0, 0.05) is 10.9 Å². The maximum Gasteiger partial charge on any atom is 0.138 e. The van der Waals surface area contributed by atoms with Gasteiger partial charge in [0.1, 0.15) is 5.82 Å². The standard InChI is InChI=1S/C31H37F/c1-3-5-7-9-24-10-14-25(15-11-24)27-18-20-30-28(22-27)19-21-29(31(30)32)26-16-12-23(13-17-26)8-6-4-2/h4,12-13,16-22,24-25H,2-3,5-11,14-15H2,1H3/t24-,25-. The van der Waals surface area contributed by atoms with E-state index in [-0.39, 0.29) is 5.82 Å². The maximum absolute atomic E-state index is 15.4. The van der Waals surface area contributed by atoms with Gasteiger partial charge in [-0.2, -0.15) is 0 Å². The first kappa shape index (κ1) is 22.8. The Hall–Kier alpha value is -2.41. The summed E-state index contributed by atoms with van der Waals surface area (Å²) in [6.45, 7) is 6.07. The summed E-state index contributed by atoms with van der Waals surface area (Å²) in [7, 11) is 0. The third-order valence-corrected chi connectivity index (χ3v) is 7.41. The van der Waals surface area contributed by atoms with Crippen molar-refractivity contribution in [3.8, 4) is 11.1 Å². The molecule has 168 valence electrons. The Morgan fingerprint density at radius 2 is 1.72 bits per heavy atom. The molecule has 0 spiro atoms. The topological polar surface area (TPSA) is 0 Å². The second kappa shape index (κ2) is 10.9. The number of allylic oxidation sites excluding steroid dienone is 1. The van der Waals surface area contributed by atoms with Gasteiger partial charge >= 0.3 is 0 Å². The number of hydrogen-bond acceptors (Lipinski definition) is 0. The fraction of sp³-hybridized carbons (Fsp3) is 0.419. The number of rotatable bonds is 9. The average molecular weight is 429 g/mol. The van der Waals surface area contributed by atoms with Gasteiger partial charge in [-0.15, -0.1) is 6.58 Å². The third-order valence-electron chi connectivity index (χ3n) is 7.41. The van der Waals surface area contributed by atoms with E-state index < -0.39 is 0 Å². The van der Waals surface area contributed by atoms with E-state index in [0.29, 0.717) is 11.5 Å². The molecule has 0 N–H and O–H groups in total. The van der Waals surface area contributed by atoms with E-state index in [4.69, 9.17) is 0 Å². The fourth-order valence-electron chi connectivity index (χ4n) is 5.37. The Balaban J connectivity index is 1.47. The van der Waals surface area contributed by atoms with Crippen molar-refractivity contribution in [2.75, 3.05) is 0 Å². The van der Waals surface area contributed by atoms with Crippen LogP contribution in [-0.4, -0.2) is 0 Å². The molecule has 1 saturated carbocycles. The van der Waals surface area contributed by atoms with Crippen molar-refractivity contribution in [3.63, 3.8) is 0 Å². The lowest BCUT2D eigenvalue weighted by molar-refractivity contribution is 0.303. The Morgan fingerprint density at radius 3 is 2.44 bits per heavy atom. The number of fused-ring (bicyclic) bond motifs is 1. The van der Waals surface area contributed by atoms with Crippen LogP contribution >= 0.6 is 0 Å². The Morgan fingerprint density at radius 1 is 0.938 bits per heavy atom. The molecule has 3 aromatic carbocycles. The first-order valence-electron chi connectivity index (χ1n) is 12.6. The van der Waals surface area contributed by atoms with Crippen LogP contribution in [-0.2, 0) is 6.42 Å². The van der Waals surface area contributed by atoms with Crippen LogP contribution in [0.5, 0.6) is 0 Å². The number of benzene rings is 3. The SMILES string of the molecule is C=CCCc1ccc(-c2ccc3cc([C@H]4CC[C@H](CCCCC)CC4)ccc3c2F)cc1. The highest BCUT2D eigenvalue weighted by Crippen LogP contribution is 2.39. The molecule has 3 aromatic rings. The Kier molecular flexibility index (Phi) is 7.79. The molecule has 1 heteroatoms. The molecule has 0 unspecified atom stereocenters. The molecule has 32 heavy (non-hydrogen) atoms. The summed E-state index contributed by atoms with van der Waals surface area (Å²) in [6.07, 6.45) is 14.6. The van der Waals surface area contributed by atoms with Crippen LogP contribution < -0.4 is 0 Å². The highest BCUT2D eigenvalue weighted by atomic mass is 19.1. The lowest BCUT2D eigenvalue weighted by Gasteiger charge is -2.29. The molecule has 4 rings (SSSR count). The molecule has 0 radical (unpaired) electrons. The van der Waals surface area contributed by atoms with Gasteiger partial charge < -0.3 is 0 Å². The van der Waals surface area contributed by atoms with Crippen molar-refractivity contribution in [2.24, 2.45) is 5.92 Å². The van der Waals surface area contributed by atoms with Crippen molar-refractivity contribution >= 4 is 10.8 Å². The van der Waals surface area contributed by atoms with Gasteiger partial charge in [0.15, 0.2) is 0 Å². The lowest BCUT2D eigenvalue weighted by Crippen LogP contribution is -2.13. The minimum Gasteiger partial charge on any atom is -0.206 e. The molecule has 1 aliphatic carbocycles. The van der Waals surface area contributed by atoms with Gasteiger partial charge in [-0.3, -0.25) is 0 Å². The summed E-state index contributed by atoms with van der Waals surface area (Å²) < 4.78 is 15.4. The molecule has 0 amide bonds. The van der Waals surface area contributed by atoms with Gasteiger partial charge in [0.05, 0.1) is 0 Å². The molecule has 0 saturated heterocycles. The van der Waals surface area contributed by atoms with Crippen molar-refractivity contribution in [3.05, 3.63) is 84.2 Å².